The summed E-state index contributed by atoms with van der Waals surface area (Å²) in [7, 11) is 0. The van der Waals surface area contributed by atoms with Crippen molar-refractivity contribution in [2.45, 2.75) is 0 Å². The van der Waals surface area contributed by atoms with Gasteiger partial charge in [0.05, 0.1) is 5.97 Å². The smallest absolute Gasteiger partial charge is 0.545 e. The molecular formula is C4H7AgO6. The molecule has 0 amide bonds. The largest absolute Gasteiger partial charge is 1.00 e. The van der Waals surface area contributed by atoms with E-state index in [1.165, 1.54) is 0 Å². The number of carbonyl (C=O) groups excluding carboxylic acids is 1. The molecule has 0 aromatic heterocycles. The van der Waals surface area contributed by atoms with Crippen LogP contribution in [-0.4, -0.2) is 28.0 Å². The van der Waals surface area contributed by atoms with E-state index in [1.807, 2.05) is 0 Å². The van der Waals surface area contributed by atoms with E-state index in [4.69, 9.17) is 5.11 Å². The Morgan fingerprint density at radius 2 is 1.55 bits per heavy atom. The van der Waals surface area contributed by atoms with E-state index < -0.39 is 11.9 Å². The van der Waals surface area contributed by atoms with Crippen molar-refractivity contribution in [2.75, 3.05) is 0 Å². The molecule has 70 valence electrons. The summed E-state index contributed by atoms with van der Waals surface area (Å²) in [6.45, 7) is 0. The monoisotopic (exact) mass is 258 g/mol. The number of carbonyl (C=O) groups is 2. The van der Waals surface area contributed by atoms with Gasteiger partial charge in [0, 0.05) is 6.08 Å². The minimum absolute atomic E-state index is 0. The fourth-order valence-electron chi connectivity index (χ4n) is 0.139. The molecule has 0 unspecified atom stereocenters. The molecule has 6 nitrogen and oxygen atoms in total. The van der Waals surface area contributed by atoms with Crippen LogP contribution < -0.4 is 5.11 Å². The fourth-order valence-corrected chi connectivity index (χ4v) is 0.139. The summed E-state index contributed by atoms with van der Waals surface area (Å²) in [5, 5.41) is 17.2. The minimum Gasteiger partial charge on any atom is -0.545 e. The molecule has 0 aliphatic rings. The van der Waals surface area contributed by atoms with Crippen molar-refractivity contribution < 1.29 is 53.1 Å². The number of carboxylic acid groups (broad SMARTS) is 2. The molecule has 0 aliphatic carbocycles. The molecule has 5 N–H and O–H groups in total. The van der Waals surface area contributed by atoms with Gasteiger partial charge in [-0.3, -0.25) is 0 Å². The molecule has 0 atom stereocenters. The summed E-state index contributed by atoms with van der Waals surface area (Å²) in [5.74, 6) is -2.80. The maximum atomic E-state index is 9.53. The Balaban J connectivity index is -0.0000000817. The van der Waals surface area contributed by atoms with Crippen molar-refractivity contribution in [1.29, 1.82) is 0 Å². The molecular weight excluding hydrogens is 252 g/mol. The van der Waals surface area contributed by atoms with Crippen molar-refractivity contribution in [1.82, 2.24) is 0 Å². The van der Waals surface area contributed by atoms with Gasteiger partial charge in [0.15, 0.2) is 0 Å². The van der Waals surface area contributed by atoms with E-state index in [0.29, 0.717) is 12.2 Å². The second-order valence-corrected chi connectivity index (χ2v) is 0.991. The second-order valence-electron chi connectivity index (χ2n) is 0.991. The first-order valence-corrected chi connectivity index (χ1v) is 1.75. The van der Waals surface area contributed by atoms with Gasteiger partial charge in [0.1, 0.15) is 0 Å². The average Bonchev–Trinajstić information content (AvgIpc) is 1.61. The molecule has 0 bridgehead atoms. The first-order chi connectivity index (χ1) is 3.63. The Morgan fingerprint density at radius 3 is 1.64 bits per heavy atom. The number of hydrogen-bond donors (Lipinski definition) is 1. The van der Waals surface area contributed by atoms with Gasteiger partial charge in [-0.05, 0) is 6.08 Å². The summed E-state index contributed by atoms with van der Waals surface area (Å²) in [6, 6.07) is 0. The van der Waals surface area contributed by atoms with Gasteiger partial charge in [0.25, 0.3) is 0 Å². The van der Waals surface area contributed by atoms with Gasteiger partial charge in [-0.15, -0.1) is 0 Å². The zero-order chi connectivity index (χ0) is 6.57. The topological polar surface area (TPSA) is 140 Å². The molecule has 0 spiro atoms. The van der Waals surface area contributed by atoms with Crippen LogP contribution in [0.15, 0.2) is 12.2 Å². The first kappa shape index (κ1) is 22.4. The molecule has 0 saturated heterocycles. The Kier molecular flexibility index (Phi) is 24.6. The van der Waals surface area contributed by atoms with Crippen molar-refractivity contribution in [2.24, 2.45) is 0 Å². The Hall–Kier alpha value is -0.660. The second kappa shape index (κ2) is 12.1. The van der Waals surface area contributed by atoms with E-state index in [1.54, 1.807) is 0 Å². The van der Waals surface area contributed by atoms with Crippen molar-refractivity contribution in [3.8, 4) is 0 Å². The fraction of sp³-hybridized carbons (Fsp3) is 0. The van der Waals surface area contributed by atoms with Gasteiger partial charge >= 0.3 is 28.3 Å². The van der Waals surface area contributed by atoms with E-state index in [9.17, 15) is 14.7 Å². The quantitative estimate of drug-likeness (QED) is 0.410. The number of carboxylic acids is 2. The zero-order valence-electron chi connectivity index (χ0n) is 5.13. The van der Waals surface area contributed by atoms with Crippen LogP contribution >= 0.6 is 0 Å². The summed E-state index contributed by atoms with van der Waals surface area (Å²) >= 11 is 0. The van der Waals surface area contributed by atoms with Crippen LogP contribution in [0.1, 0.15) is 0 Å². The molecule has 7 heteroatoms. The van der Waals surface area contributed by atoms with E-state index in [0.717, 1.165) is 0 Å². The van der Waals surface area contributed by atoms with Gasteiger partial charge in [-0.2, -0.15) is 0 Å². The van der Waals surface area contributed by atoms with E-state index in [2.05, 4.69) is 0 Å². The van der Waals surface area contributed by atoms with Gasteiger partial charge in [-0.25, -0.2) is 4.79 Å². The predicted octanol–water partition coefficient (Wildman–Crippen LogP) is -3.27. The molecule has 0 aliphatic heterocycles. The van der Waals surface area contributed by atoms with Crippen molar-refractivity contribution in [3.63, 3.8) is 0 Å². The van der Waals surface area contributed by atoms with E-state index in [-0.39, 0.29) is 33.3 Å². The molecule has 0 radical (unpaired) electrons. The number of hydrogen-bond acceptors (Lipinski definition) is 3. The van der Waals surface area contributed by atoms with E-state index >= 15 is 0 Å². The third-order valence-electron chi connectivity index (χ3n) is 0.362. The normalized spacial score (nSPS) is 6.91. The van der Waals surface area contributed by atoms with Crippen LogP contribution in [0.25, 0.3) is 0 Å². The first-order valence-electron chi connectivity index (χ1n) is 1.75. The summed E-state index contributed by atoms with van der Waals surface area (Å²) in [5.41, 5.74) is 0. The zero-order valence-corrected chi connectivity index (χ0v) is 6.61. The molecule has 0 aromatic carbocycles. The standard InChI is InChI=1S/C4H4O4.Ag.2H2O/c5-3(6)1-2-4(7)8;;;/h1-2H,(H,5,6)(H,7,8);;2*1H2/q;+1;;/p-1/b2-1-;;;. The van der Waals surface area contributed by atoms with Crippen molar-refractivity contribution >= 4 is 11.9 Å². The van der Waals surface area contributed by atoms with Gasteiger partial charge in [0.2, 0.25) is 0 Å². The third kappa shape index (κ3) is 26.7. The molecule has 0 fully saturated rings. The Morgan fingerprint density at radius 1 is 1.18 bits per heavy atom. The van der Waals surface area contributed by atoms with Crippen LogP contribution in [0.4, 0.5) is 0 Å². The van der Waals surface area contributed by atoms with Crippen LogP contribution in [0.2, 0.25) is 0 Å². The predicted molar refractivity (Wildman–Crippen MR) is 29.0 cm³/mol. The molecule has 0 saturated carbocycles. The Bertz CT molecular complexity index is 126. The van der Waals surface area contributed by atoms with Gasteiger partial charge < -0.3 is 26.0 Å². The number of rotatable bonds is 2. The van der Waals surface area contributed by atoms with Crippen molar-refractivity contribution in [3.05, 3.63) is 12.2 Å². The molecule has 11 heavy (non-hydrogen) atoms. The molecule has 0 heterocycles. The van der Waals surface area contributed by atoms with Crippen LogP contribution in [0.5, 0.6) is 0 Å². The number of aliphatic carboxylic acids is 2. The maximum Gasteiger partial charge on any atom is 1.00 e. The van der Waals surface area contributed by atoms with Crippen LogP contribution in [0, 0.1) is 0 Å². The SMILES string of the molecule is O.O.O=C([O-])/C=C\C(=O)O.[Ag+]. The minimum atomic E-state index is -1.51. The summed E-state index contributed by atoms with van der Waals surface area (Å²) < 4.78 is 0. The summed E-state index contributed by atoms with van der Waals surface area (Å²) in [6.07, 6.45) is 0.942. The maximum absolute atomic E-state index is 9.53. The van der Waals surface area contributed by atoms with Crippen LogP contribution in [0.3, 0.4) is 0 Å². The average molecular weight is 259 g/mol. The molecule has 0 rings (SSSR count). The van der Waals surface area contributed by atoms with Crippen LogP contribution in [-0.2, 0) is 32.0 Å². The Labute approximate surface area is 77.7 Å². The summed E-state index contributed by atoms with van der Waals surface area (Å²) in [4.78, 5) is 19.0. The van der Waals surface area contributed by atoms with Gasteiger partial charge in [-0.1, -0.05) is 0 Å². The third-order valence-corrected chi connectivity index (χ3v) is 0.362. The molecule has 0 aromatic rings.